The van der Waals surface area contributed by atoms with E-state index in [1.165, 1.54) is 0 Å². The Labute approximate surface area is 79.4 Å². The molecule has 1 aliphatic heterocycles. The Bertz CT molecular complexity index is 200. The molecule has 0 bridgehead atoms. The largest absolute Gasteiger partial charge is 0.464 e. The van der Waals surface area contributed by atoms with Crippen LogP contribution in [0.3, 0.4) is 0 Å². The molecule has 3 nitrogen and oxygen atoms in total. The minimum Gasteiger partial charge on any atom is -0.464 e. The number of epoxide rings is 1. The minimum atomic E-state index is -0.324. The first-order valence-corrected chi connectivity index (χ1v) is 4.84. The molecule has 1 saturated heterocycles. The van der Waals surface area contributed by atoms with Crippen LogP contribution in [-0.4, -0.2) is 24.3 Å². The molecule has 1 heterocycles. The number of ether oxygens (including phenoxy) is 2. The SMILES string of the molecule is CCOC(=O)[C@@H]1O[C@@]1(C)CC(C)C. The Morgan fingerprint density at radius 3 is 2.69 bits per heavy atom. The van der Waals surface area contributed by atoms with Gasteiger partial charge >= 0.3 is 5.97 Å². The van der Waals surface area contributed by atoms with E-state index < -0.39 is 0 Å². The molecule has 1 aliphatic rings. The van der Waals surface area contributed by atoms with E-state index in [-0.39, 0.29) is 17.7 Å². The summed E-state index contributed by atoms with van der Waals surface area (Å²) in [7, 11) is 0. The Hall–Kier alpha value is -0.570. The molecule has 3 heteroatoms. The van der Waals surface area contributed by atoms with Crippen LogP contribution in [0, 0.1) is 5.92 Å². The first kappa shape index (κ1) is 10.5. The second-order valence-electron chi connectivity index (χ2n) is 4.16. The number of carbonyl (C=O) groups excluding carboxylic acids is 1. The summed E-state index contributed by atoms with van der Waals surface area (Å²) in [4.78, 5) is 11.3. The van der Waals surface area contributed by atoms with Crippen LogP contribution in [0.4, 0.5) is 0 Å². The first-order valence-electron chi connectivity index (χ1n) is 4.84. The van der Waals surface area contributed by atoms with Crippen molar-refractivity contribution >= 4 is 5.97 Å². The molecule has 0 unspecified atom stereocenters. The normalized spacial score (nSPS) is 31.9. The third kappa shape index (κ3) is 2.44. The topological polar surface area (TPSA) is 38.8 Å². The molecule has 2 atom stereocenters. The Morgan fingerprint density at radius 2 is 2.23 bits per heavy atom. The van der Waals surface area contributed by atoms with Crippen LogP contribution < -0.4 is 0 Å². The average Bonchev–Trinajstić information content (AvgIpc) is 2.60. The molecule has 0 N–H and O–H groups in total. The molecule has 0 radical (unpaired) electrons. The molecule has 0 aliphatic carbocycles. The number of esters is 1. The lowest BCUT2D eigenvalue weighted by atomic mass is 9.96. The van der Waals surface area contributed by atoms with Crippen LogP contribution in [0.1, 0.15) is 34.1 Å². The maximum Gasteiger partial charge on any atom is 0.338 e. The Balaban J connectivity index is 2.38. The van der Waals surface area contributed by atoms with Crippen molar-refractivity contribution in [3.05, 3.63) is 0 Å². The maximum absolute atomic E-state index is 11.3. The second kappa shape index (κ2) is 3.66. The predicted octanol–water partition coefficient (Wildman–Crippen LogP) is 1.75. The summed E-state index contributed by atoms with van der Waals surface area (Å²) in [5.74, 6) is 0.329. The van der Waals surface area contributed by atoms with Crippen LogP contribution >= 0.6 is 0 Å². The molecule has 0 amide bonds. The van der Waals surface area contributed by atoms with Gasteiger partial charge in [-0.25, -0.2) is 4.79 Å². The molecule has 0 aromatic rings. The maximum atomic E-state index is 11.3. The van der Waals surface area contributed by atoms with E-state index in [0.717, 1.165) is 6.42 Å². The van der Waals surface area contributed by atoms with Gasteiger partial charge in [0.1, 0.15) is 5.60 Å². The molecule has 0 aromatic heterocycles. The van der Waals surface area contributed by atoms with E-state index in [1.54, 1.807) is 6.92 Å². The second-order valence-corrected chi connectivity index (χ2v) is 4.16. The van der Waals surface area contributed by atoms with E-state index in [2.05, 4.69) is 13.8 Å². The van der Waals surface area contributed by atoms with Gasteiger partial charge in [-0.15, -0.1) is 0 Å². The first-order chi connectivity index (χ1) is 5.99. The van der Waals surface area contributed by atoms with Crippen LogP contribution in [0.5, 0.6) is 0 Å². The van der Waals surface area contributed by atoms with Crippen molar-refractivity contribution in [2.24, 2.45) is 5.92 Å². The van der Waals surface area contributed by atoms with Crippen molar-refractivity contribution in [1.82, 2.24) is 0 Å². The number of hydrogen-bond donors (Lipinski definition) is 0. The van der Waals surface area contributed by atoms with E-state index >= 15 is 0 Å². The van der Waals surface area contributed by atoms with Gasteiger partial charge in [-0.1, -0.05) is 13.8 Å². The third-order valence-corrected chi connectivity index (χ3v) is 2.20. The zero-order chi connectivity index (χ0) is 10.1. The number of hydrogen-bond acceptors (Lipinski definition) is 3. The summed E-state index contributed by atoms with van der Waals surface area (Å²) in [5, 5.41) is 0. The van der Waals surface area contributed by atoms with Gasteiger partial charge in [0.05, 0.1) is 6.61 Å². The van der Waals surface area contributed by atoms with Gasteiger partial charge in [-0.05, 0) is 26.2 Å². The van der Waals surface area contributed by atoms with Crippen LogP contribution in [-0.2, 0) is 14.3 Å². The summed E-state index contributed by atoms with van der Waals surface area (Å²) in [6.45, 7) is 8.44. The van der Waals surface area contributed by atoms with Gasteiger partial charge < -0.3 is 9.47 Å². The van der Waals surface area contributed by atoms with Crippen LogP contribution in [0.25, 0.3) is 0 Å². The zero-order valence-corrected chi connectivity index (χ0v) is 8.79. The molecule has 0 aromatic carbocycles. The fourth-order valence-corrected chi connectivity index (χ4v) is 1.72. The lowest BCUT2D eigenvalue weighted by Gasteiger charge is -2.08. The van der Waals surface area contributed by atoms with Crippen molar-refractivity contribution in [1.29, 1.82) is 0 Å². The van der Waals surface area contributed by atoms with Gasteiger partial charge in [0.25, 0.3) is 0 Å². The van der Waals surface area contributed by atoms with Crippen molar-refractivity contribution in [3.8, 4) is 0 Å². The lowest BCUT2D eigenvalue weighted by molar-refractivity contribution is -0.144. The predicted molar refractivity (Wildman–Crippen MR) is 49.4 cm³/mol. The van der Waals surface area contributed by atoms with E-state index in [0.29, 0.717) is 12.5 Å². The highest BCUT2D eigenvalue weighted by molar-refractivity contribution is 5.79. The molecule has 0 spiro atoms. The summed E-state index contributed by atoms with van der Waals surface area (Å²) in [6, 6.07) is 0. The number of carbonyl (C=O) groups is 1. The van der Waals surface area contributed by atoms with E-state index in [1.807, 2.05) is 6.92 Å². The molecule has 1 rings (SSSR count). The smallest absolute Gasteiger partial charge is 0.338 e. The quantitative estimate of drug-likeness (QED) is 0.496. The molecular formula is C10H18O3. The van der Waals surface area contributed by atoms with Gasteiger partial charge in [0.15, 0.2) is 6.10 Å². The van der Waals surface area contributed by atoms with Gasteiger partial charge in [0.2, 0.25) is 0 Å². The highest BCUT2D eigenvalue weighted by Gasteiger charge is 2.57. The zero-order valence-electron chi connectivity index (χ0n) is 8.79. The Kier molecular flexibility index (Phi) is 2.96. The van der Waals surface area contributed by atoms with Gasteiger partial charge in [-0.2, -0.15) is 0 Å². The number of rotatable bonds is 4. The van der Waals surface area contributed by atoms with Gasteiger partial charge in [0, 0.05) is 0 Å². The fourth-order valence-electron chi connectivity index (χ4n) is 1.72. The van der Waals surface area contributed by atoms with Crippen molar-refractivity contribution < 1.29 is 14.3 Å². The van der Waals surface area contributed by atoms with Crippen LogP contribution in [0.2, 0.25) is 0 Å². The standard InChI is InChI=1S/C10H18O3/c1-5-12-9(11)8-10(4,13-8)6-7(2)3/h7-8H,5-6H2,1-4H3/t8-,10-/m0/s1. The van der Waals surface area contributed by atoms with Gasteiger partial charge in [-0.3, -0.25) is 0 Å². The fraction of sp³-hybridized carbons (Fsp3) is 0.900. The van der Waals surface area contributed by atoms with Crippen molar-refractivity contribution in [2.75, 3.05) is 6.61 Å². The summed E-state index contributed by atoms with van der Waals surface area (Å²) >= 11 is 0. The molecule has 1 fully saturated rings. The van der Waals surface area contributed by atoms with Crippen molar-refractivity contribution in [2.45, 2.75) is 45.8 Å². The van der Waals surface area contributed by atoms with Crippen molar-refractivity contribution in [3.63, 3.8) is 0 Å². The molecular weight excluding hydrogens is 168 g/mol. The highest BCUT2D eigenvalue weighted by atomic mass is 16.7. The minimum absolute atomic E-state index is 0.217. The highest BCUT2D eigenvalue weighted by Crippen LogP contribution is 2.42. The average molecular weight is 186 g/mol. The monoisotopic (exact) mass is 186 g/mol. The Morgan fingerprint density at radius 1 is 1.62 bits per heavy atom. The molecule has 76 valence electrons. The van der Waals surface area contributed by atoms with Crippen LogP contribution in [0.15, 0.2) is 0 Å². The molecule has 0 saturated carbocycles. The third-order valence-electron chi connectivity index (χ3n) is 2.20. The summed E-state index contributed by atoms with van der Waals surface area (Å²) in [6.07, 6.45) is 0.589. The summed E-state index contributed by atoms with van der Waals surface area (Å²) in [5.41, 5.74) is -0.263. The summed E-state index contributed by atoms with van der Waals surface area (Å²) < 4.78 is 10.2. The lowest BCUT2D eigenvalue weighted by Crippen LogP contribution is -2.21. The van der Waals surface area contributed by atoms with E-state index in [9.17, 15) is 4.79 Å². The van der Waals surface area contributed by atoms with E-state index in [4.69, 9.17) is 9.47 Å². The molecule has 13 heavy (non-hydrogen) atoms.